The average molecular weight is 640 g/mol. The standard InChI is InChI=1S/C45H29N5/c1-4-13-30(14-5-1)43-47-44(31-15-6-2-7-16-31)49-45(48-43)32-25-23-29(24-26-32)34-20-12-22-40-42(34)37-27-39-36(35-19-10-11-21-38(35)46-39)28-41(37)50(40)33-17-8-3-9-18-33/h1-26,28H,27H2. The van der Waals surface area contributed by atoms with Crippen LogP contribution in [0.2, 0.25) is 0 Å². The third-order valence-corrected chi connectivity index (χ3v) is 9.69. The summed E-state index contributed by atoms with van der Waals surface area (Å²) in [6, 6.07) is 54.6. The van der Waals surface area contributed by atoms with Crippen molar-refractivity contribution < 1.29 is 0 Å². The molecule has 5 heteroatoms. The summed E-state index contributed by atoms with van der Waals surface area (Å²) in [5, 5.41) is 1.26. The van der Waals surface area contributed by atoms with Crippen LogP contribution in [0.5, 0.6) is 0 Å². The van der Waals surface area contributed by atoms with E-state index in [9.17, 15) is 0 Å². The van der Waals surface area contributed by atoms with Crippen molar-refractivity contribution in [1.82, 2.24) is 19.5 Å². The fourth-order valence-corrected chi connectivity index (χ4v) is 7.36. The highest BCUT2D eigenvalue weighted by molar-refractivity contribution is 6.35. The van der Waals surface area contributed by atoms with Gasteiger partial charge in [0.2, 0.25) is 0 Å². The number of allylic oxidation sites excluding steroid dienone is 1. The van der Waals surface area contributed by atoms with Crippen LogP contribution >= 0.6 is 0 Å². The number of nitrogens with zero attached hydrogens (tertiary/aromatic N) is 5. The second kappa shape index (κ2) is 11.5. The molecule has 234 valence electrons. The van der Waals surface area contributed by atoms with Gasteiger partial charge in [0, 0.05) is 45.3 Å². The molecule has 0 unspecified atom stereocenters. The molecule has 10 rings (SSSR count). The highest BCUT2D eigenvalue weighted by Crippen LogP contribution is 2.45. The van der Waals surface area contributed by atoms with Gasteiger partial charge in [-0.3, -0.25) is 4.99 Å². The molecule has 0 fully saturated rings. The first-order valence-corrected chi connectivity index (χ1v) is 16.9. The fraction of sp³-hybridized carbons (Fsp3) is 0.0222. The van der Waals surface area contributed by atoms with Crippen molar-refractivity contribution in [2.45, 2.75) is 6.42 Å². The Labute approximate surface area is 289 Å². The Kier molecular flexibility index (Phi) is 6.49. The minimum absolute atomic E-state index is 0.645. The summed E-state index contributed by atoms with van der Waals surface area (Å²) in [7, 11) is 0. The number of hydrogen-bond donors (Lipinski definition) is 0. The summed E-state index contributed by atoms with van der Waals surface area (Å²) in [5.74, 6) is 1.95. The van der Waals surface area contributed by atoms with Gasteiger partial charge in [-0.15, -0.1) is 0 Å². The van der Waals surface area contributed by atoms with Crippen LogP contribution in [0.1, 0.15) is 16.8 Å². The van der Waals surface area contributed by atoms with E-state index in [2.05, 4.69) is 108 Å². The number of aliphatic imine (C=N–C) groups is 1. The van der Waals surface area contributed by atoms with Gasteiger partial charge in [-0.2, -0.15) is 0 Å². The molecule has 0 atom stereocenters. The summed E-state index contributed by atoms with van der Waals surface area (Å²) in [6.45, 7) is 0. The van der Waals surface area contributed by atoms with Crippen molar-refractivity contribution in [2.24, 2.45) is 4.99 Å². The zero-order valence-electron chi connectivity index (χ0n) is 27.0. The van der Waals surface area contributed by atoms with E-state index in [4.69, 9.17) is 19.9 Å². The second-order valence-electron chi connectivity index (χ2n) is 12.7. The highest BCUT2D eigenvalue weighted by Gasteiger charge is 2.30. The van der Waals surface area contributed by atoms with Crippen LogP contribution in [0.3, 0.4) is 0 Å². The molecule has 1 aliphatic carbocycles. The molecule has 1 aliphatic heterocycles. The number of rotatable bonds is 5. The number of fused-ring (bicyclic) bond motifs is 6. The average Bonchev–Trinajstić information content (AvgIpc) is 3.72. The van der Waals surface area contributed by atoms with Crippen molar-refractivity contribution in [1.29, 1.82) is 0 Å². The minimum Gasteiger partial charge on any atom is -0.310 e. The Morgan fingerprint density at radius 2 is 1.00 bits per heavy atom. The van der Waals surface area contributed by atoms with E-state index in [0.717, 1.165) is 45.8 Å². The SMILES string of the molecule is C1=C2C(=Nc3ccccc32)Cc2c1n(-c1ccccc1)c1cccc(-c3ccc(-c4nc(-c5ccccc5)nc(-c5ccccc5)n4)cc3)c21. The van der Waals surface area contributed by atoms with Gasteiger partial charge < -0.3 is 4.57 Å². The number of benzene rings is 6. The van der Waals surface area contributed by atoms with E-state index >= 15 is 0 Å². The zero-order chi connectivity index (χ0) is 33.0. The van der Waals surface area contributed by atoms with E-state index in [0.29, 0.717) is 17.5 Å². The quantitative estimate of drug-likeness (QED) is 0.188. The molecule has 0 saturated heterocycles. The lowest BCUT2D eigenvalue weighted by atomic mass is 9.88. The van der Waals surface area contributed by atoms with Crippen LogP contribution < -0.4 is 0 Å². The maximum Gasteiger partial charge on any atom is 0.164 e. The molecule has 8 aromatic rings. The van der Waals surface area contributed by atoms with Gasteiger partial charge in [0.05, 0.1) is 22.6 Å². The Balaban J connectivity index is 1.12. The Hall–Kier alpha value is -6.72. The molecule has 0 amide bonds. The normalized spacial score (nSPS) is 13.0. The van der Waals surface area contributed by atoms with Crippen LogP contribution in [-0.2, 0) is 6.42 Å². The van der Waals surface area contributed by atoms with Gasteiger partial charge in [-0.1, -0.05) is 133 Å². The van der Waals surface area contributed by atoms with Crippen molar-refractivity contribution in [2.75, 3.05) is 0 Å². The van der Waals surface area contributed by atoms with Gasteiger partial charge in [-0.25, -0.2) is 15.0 Å². The van der Waals surface area contributed by atoms with E-state index < -0.39 is 0 Å². The Bertz CT molecular complexity index is 2580. The smallest absolute Gasteiger partial charge is 0.164 e. The molecule has 0 bridgehead atoms. The summed E-state index contributed by atoms with van der Waals surface area (Å²) < 4.78 is 2.41. The molecule has 6 aromatic carbocycles. The van der Waals surface area contributed by atoms with E-state index in [1.54, 1.807) is 0 Å². The van der Waals surface area contributed by atoms with Gasteiger partial charge in [0.25, 0.3) is 0 Å². The van der Waals surface area contributed by atoms with Crippen molar-refractivity contribution >= 4 is 34.0 Å². The van der Waals surface area contributed by atoms with Crippen LogP contribution in [-0.4, -0.2) is 25.2 Å². The summed E-state index contributed by atoms with van der Waals surface area (Å²) in [6.07, 6.45) is 3.12. The van der Waals surface area contributed by atoms with Gasteiger partial charge in [-0.05, 0) is 47.0 Å². The minimum atomic E-state index is 0.645. The molecule has 0 spiro atoms. The lowest BCUT2D eigenvalue weighted by Gasteiger charge is -2.16. The number of para-hydroxylation sites is 2. The zero-order valence-corrected chi connectivity index (χ0v) is 27.0. The maximum atomic E-state index is 5.09. The lowest BCUT2D eigenvalue weighted by Crippen LogP contribution is -2.10. The first-order valence-electron chi connectivity index (χ1n) is 16.9. The molecular weight excluding hydrogens is 611 g/mol. The van der Waals surface area contributed by atoms with E-state index in [1.165, 1.54) is 38.9 Å². The van der Waals surface area contributed by atoms with E-state index in [1.807, 2.05) is 60.7 Å². The van der Waals surface area contributed by atoms with Crippen molar-refractivity contribution in [3.63, 3.8) is 0 Å². The third kappa shape index (κ3) is 4.63. The summed E-state index contributed by atoms with van der Waals surface area (Å²) >= 11 is 0. The third-order valence-electron chi connectivity index (χ3n) is 9.69. The largest absolute Gasteiger partial charge is 0.310 e. The monoisotopic (exact) mass is 639 g/mol. The Morgan fingerprint density at radius 3 is 1.66 bits per heavy atom. The molecule has 0 saturated carbocycles. The maximum absolute atomic E-state index is 5.09. The predicted octanol–water partition coefficient (Wildman–Crippen LogP) is 10.7. The van der Waals surface area contributed by atoms with Gasteiger partial charge >= 0.3 is 0 Å². The van der Waals surface area contributed by atoms with E-state index in [-0.39, 0.29) is 0 Å². The first-order chi connectivity index (χ1) is 24.8. The number of aromatic nitrogens is 4. The van der Waals surface area contributed by atoms with Crippen LogP contribution in [0.25, 0.3) is 73.5 Å². The molecule has 2 aromatic heterocycles. The van der Waals surface area contributed by atoms with Gasteiger partial charge in [0.15, 0.2) is 17.5 Å². The van der Waals surface area contributed by atoms with Crippen LogP contribution in [0, 0.1) is 0 Å². The molecule has 2 aliphatic rings. The molecule has 0 radical (unpaired) electrons. The van der Waals surface area contributed by atoms with Gasteiger partial charge in [0.1, 0.15) is 0 Å². The first kappa shape index (κ1) is 28.3. The fourth-order valence-electron chi connectivity index (χ4n) is 7.36. The van der Waals surface area contributed by atoms with Crippen LogP contribution in [0.15, 0.2) is 163 Å². The molecular formula is C45H29N5. The summed E-state index contributed by atoms with van der Waals surface area (Å²) in [5.41, 5.74) is 14.6. The predicted molar refractivity (Wildman–Crippen MR) is 204 cm³/mol. The topological polar surface area (TPSA) is 56.0 Å². The van der Waals surface area contributed by atoms with Crippen molar-refractivity contribution in [3.8, 4) is 51.0 Å². The number of hydrogen-bond acceptors (Lipinski definition) is 4. The Morgan fingerprint density at radius 1 is 0.460 bits per heavy atom. The highest BCUT2D eigenvalue weighted by atomic mass is 15.0. The molecule has 50 heavy (non-hydrogen) atoms. The van der Waals surface area contributed by atoms with Crippen LogP contribution in [0.4, 0.5) is 5.69 Å². The summed E-state index contributed by atoms with van der Waals surface area (Å²) in [4.78, 5) is 19.8. The molecule has 3 heterocycles. The second-order valence-corrected chi connectivity index (χ2v) is 12.7. The van der Waals surface area contributed by atoms with Crippen molar-refractivity contribution in [3.05, 3.63) is 175 Å². The molecule has 0 N–H and O–H groups in total. The lowest BCUT2D eigenvalue weighted by molar-refractivity contribution is 1.07. The molecule has 5 nitrogen and oxygen atoms in total.